The minimum Gasteiger partial charge on any atom is -0.457 e. The highest BCUT2D eigenvalue weighted by Crippen LogP contribution is 2.23. The summed E-state index contributed by atoms with van der Waals surface area (Å²) in [6, 6.07) is 0. The first kappa shape index (κ1) is 60.7. The summed E-state index contributed by atoms with van der Waals surface area (Å²) in [5, 5.41) is 40.3. The number of aliphatic hydroxyl groups is 4. The zero-order valence-corrected chi connectivity index (χ0v) is 41.8. The third kappa shape index (κ3) is 36.7. The van der Waals surface area contributed by atoms with Gasteiger partial charge >= 0.3 is 5.97 Å². The SMILES string of the molecule is CCCCCCC/C=C\C/C=C\CCCCCCCCCCCCCCOCC(COC1OC(CO)C(O)C(O)C1O)OC(=O)CCCCCCCCCCCCCCCCCCC. The van der Waals surface area contributed by atoms with Crippen LogP contribution in [0.2, 0.25) is 0 Å². The Morgan fingerprint density at radius 2 is 0.906 bits per heavy atom. The zero-order valence-electron chi connectivity index (χ0n) is 41.8. The van der Waals surface area contributed by atoms with E-state index >= 15 is 0 Å². The molecule has 64 heavy (non-hydrogen) atoms. The van der Waals surface area contributed by atoms with Crippen LogP contribution in [-0.4, -0.2) is 89.6 Å². The second-order valence-corrected chi connectivity index (χ2v) is 19.0. The highest BCUT2D eigenvalue weighted by atomic mass is 16.7. The molecular weight excluding hydrogens is 805 g/mol. The van der Waals surface area contributed by atoms with Crippen molar-refractivity contribution >= 4 is 5.97 Å². The van der Waals surface area contributed by atoms with Crippen LogP contribution in [0.3, 0.4) is 0 Å². The van der Waals surface area contributed by atoms with Gasteiger partial charge in [-0.2, -0.15) is 0 Å². The largest absolute Gasteiger partial charge is 0.457 e. The predicted octanol–water partition coefficient (Wildman–Crippen LogP) is 13.7. The summed E-state index contributed by atoms with van der Waals surface area (Å²) in [4.78, 5) is 12.8. The van der Waals surface area contributed by atoms with Gasteiger partial charge in [-0.1, -0.05) is 231 Å². The van der Waals surface area contributed by atoms with E-state index in [2.05, 4.69) is 38.2 Å². The summed E-state index contributed by atoms with van der Waals surface area (Å²) >= 11 is 0. The van der Waals surface area contributed by atoms with Crippen LogP contribution in [0.4, 0.5) is 0 Å². The molecule has 0 aromatic carbocycles. The molecule has 1 rings (SSSR count). The summed E-state index contributed by atoms with van der Waals surface area (Å²) in [7, 11) is 0. The van der Waals surface area contributed by atoms with Crippen molar-refractivity contribution in [2.45, 2.75) is 295 Å². The predicted molar refractivity (Wildman–Crippen MR) is 265 cm³/mol. The molecule has 9 nitrogen and oxygen atoms in total. The maximum Gasteiger partial charge on any atom is 0.306 e. The minimum absolute atomic E-state index is 0.109. The number of unbranched alkanes of at least 4 members (excludes halogenated alkanes) is 33. The minimum atomic E-state index is -1.53. The van der Waals surface area contributed by atoms with Crippen molar-refractivity contribution in [1.29, 1.82) is 0 Å². The normalized spacial score (nSPS) is 19.6. The topological polar surface area (TPSA) is 135 Å². The average molecular weight is 909 g/mol. The van der Waals surface area contributed by atoms with Crippen LogP contribution >= 0.6 is 0 Å². The molecule has 1 heterocycles. The molecule has 0 radical (unpaired) electrons. The number of rotatable bonds is 48. The molecule has 0 bridgehead atoms. The first-order chi connectivity index (χ1) is 31.4. The highest BCUT2D eigenvalue weighted by molar-refractivity contribution is 5.69. The van der Waals surface area contributed by atoms with Gasteiger partial charge in [-0.3, -0.25) is 4.79 Å². The van der Waals surface area contributed by atoms with E-state index in [4.69, 9.17) is 18.9 Å². The molecule has 378 valence electrons. The first-order valence-electron chi connectivity index (χ1n) is 27.4. The molecule has 1 aliphatic heterocycles. The van der Waals surface area contributed by atoms with Crippen LogP contribution in [0.15, 0.2) is 24.3 Å². The second-order valence-electron chi connectivity index (χ2n) is 19.0. The van der Waals surface area contributed by atoms with E-state index in [-0.39, 0.29) is 19.2 Å². The maximum absolute atomic E-state index is 12.8. The lowest BCUT2D eigenvalue weighted by molar-refractivity contribution is -0.305. The third-order valence-electron chi connectivity index (χ3n) is 12.9. The van der Waals surface area contributed by atoms with Crippen LogP contribution < -0.4 is 0 Å². The van der Waals surface area contributed by atoms with E-state index in [0.717, 1.165) is 38.5 Å². The number of esters is 1. The number of hydrogen-bond acceptors (Lipinski definition) is 9. The Balaban J connectivity index is 2.15. The number of ether oxygens (including phenoxy) is 4. The van der Waals surface area contributed by atoms with E-state index in [9.17, 15) is 25.2 Å². The molecule has 6 unspecified atom stereocenters. The fourth-order valence-corrected chi connectivity index (χ4v) is 8.58. The molecule has 1 aliphatic rings. The van der Waals surface area contributed by atoms with E-state index in [0.29, 0.717) is 13.0 Å². The first-order valence-corrected chi connectivity index (χ1v) is 27.4. The number of hydrogen-bond donors (Lipinski definition) is 4. The highest BCUT2D eigenvalue weighted by Gasteiger charge is 2.44. The van der Waals surface area contributed by atoms with Gasteiger partial charge in [0, 0.05) is 13.0 Å². The van der Waals surface area contributed by atoms with Gasteiger partial charge < -0.3 is 39.4 Å². The standard InChI is InChI=1S/C55H104O9/c1-3-5-7-9-11-13-15-17-19-21-22-23-24-25-26-27-29-31-33-35-37-39-41-43-45-61-47-49(48-62-55-54(60)53(59)52(58)50(46-56)64-55)63-51(57)44-42-40-38-36-34-32-30-28-20-18-16-14-12-10-8-6-4-2/h15,17,21-22,49-50,52-56,58-60H,3-14,16,18-20,23-48H2,1-2H3/b17-15-,22-21-. The van der Waals surface area contributed by atoms with Crippen molar-refractivity contribution in [2.75, 3.05) is 26.4 Å². The van der Waals surface area contributed by atoms with Gasteiger partial charge in [0.1, 0.15) is 30.5 Å². The number of aliphatic hydroxyl groups excluding tert-OH is 4. The lowest BCUT2D eigenvalue weighted by Gasteiger charge is -2.39. The van der Waals surface area contributed by atoms with Gasteiger partial charge in [-0.15, -0.1) is 0 Å². The number of allylic oxidation sites excluding steroid dienone is 4. The van der Waals surface area contributed by atoms with Gasteiger partial charge in [-0.05, 0) is 44.9 Å². The fraction of sp³-hybridized carbons (Fsp3) is 0.909. The molecule has 1 fully saturated rings. The summed E-state index contributed by atoms with van der Waals surface area (Å²) in [6.07, 6.45) is 49.3. The Morgan fingerprint density at radius 1 is 0.500 bits per heavy atom. The number of carbonyl (C=O) groups excluding carboxylic acids is 1. The molecule has 0 aliphatic carbocycles. The van der Waals surface area contributed by atoms with Crippen molar-refractivity contribution in [3.63, 3.8) is 0 Å². The third-order valence-corrected chi connectivity index (χ3v) is 12.9. The van der Waals surface area contributed by atoms with E-state index < -0.39 is 43.4 Å². The van der Waals surface area contributed by atoms with Crippen molar-refractivity contribution in [3.8, 4) is 0 Å². The summed E-state index contributed by atoms with van der Waals surface area (Å²) < 4.78 is 22.9. The van der Waals surface area contributed by atoms with Crippen molar-refractivity contribution in [1.82, 2.24) is 0 Å². The molecule has 0 amide bonds. The lowest BCUT2D eigenvalue weighted by atomic mass is 9.99. The second kappa shape index (κ2) is 46.8. The Hall–Kier alpha value is -1.33. The summed E-state index contributed by atoms with van der Waals surface area (Å²) in [5.74, 6) is -0.308. The monoisotopic (exact) mass is 909 g/mol. The van der Waals surface area contributed by atoms with Crippen LogP contribution in [0.5, 0.6) is 0 Å². The summed E-state index contributed by atoms with van der Waals surface area (Å²) in [6.45, 7) is 4.60. The molecule has 6 atom stereocenters. The fourth-order valence-electron chi connectivity index (χ4n) is 8.58. The Morgan fingerprint density at radius 3 is 1.34 bits per heavy atom. The van der Waals surface area contributed by atoms with Crippen LogP contribution in [0, 0.1) is 0 Å². The summed E-state index contributed by atoms with van der Waals surface area (Å²) in [5.41, 5.74) is 0. The molecular formula is C55H104O9. The van der Waals surface area contributed by atoms with Gasteiger partial charge in [0.05, 0.1) is 19.8 Å². The molecule has 9 heteroatoms. The maximum atomic E-state index is 12.8. The van der Waals surface area contributed by atoms with Crippen LogP contribution in [0.25, 0.3) is 0 Å². The molecule has 0 aromatic rings. The molecule has 1 saturated heterocycles. The van der Waals surface area contributed by atoms with Gasteiger partial charge in [0.2, 0.25) is 0 Å². The van der Waals surface area contributed by atoms with Crippen LogP contribution in [0.1, 0.15) is 258 Å². The van der Waals surface area contributed by atoms with E-state index in [1.54, 1.807) is 0 Å². The smallest absolute Gasteiger partial charge is 0.306 e. The van der Waals surface area contributed by atoms with Gasteiger partial charge in [0.25, 0.3) is 0 Å². The van der Waals surface area contributed by atoms with Gasteiger partial charge in [0.15, 0.2) is 6.29 Å². The van der Waals surface area contributed by atoms with Gasteiger partial charge in [-0.25, -0.2) is 0 Å². The average Bonchev–Trinajstić information content (AvgIpc) is 3.30. The number of carbonyl (C=O) groups is 1. The van der Waals surface area contributed by atoms with Crippen LogP contribution in [-0.2, 0) is 23.7 Å². The Labute approximate surface area is 394 Å². The molecule has 4 N–H and O–H groups in total. The lowest BCUT2D eigenvalue weighted by Crippen LogP contribution is -2.59. The molecule has 0 saturated carbocycles. The van der Waals surface area contributed by atoms with E-state index in [1.165, 1.54) is 199 Å². The Kier molecular flexibility index (Phi) is 44.3. The van der Waals surface area contributed by atoms with Crippen molar-refractivity contribution in [3.05, 3.63) is 24.3 Å². The zero-order chi connectivity index (χ0) is 46.4. The van der Waals surface area contributed by atoms with E-state index in [1.807, 2.05) is 0 Å². The molecule has 0 aromatic heterocycles. The molecule has 0 spiro atoms. The van der Waals surface area contributed by atoms with Crippen molar-refractivity contribution < 1.29 is 44.2 Å². The Bertz CT molecular complexity index is 1040. The van der Waals surface area contributed by atoms with Crippen molar-refractivity contribution in [2.24, 2.45) is 0 Å². The quantitative estimate of drug-likeness (QED) is 0.0267.